The quantitative estimate of drug-likeness (QED) is 0.869. The number of nitrogens with zero attached hydrogens (tertiary/aromatic N) is 2. The number of nitrogens with one attached hydrogen (secondary N) is 1. The van der Waals surface area contributed by atoms with E-state index in [1.807, 2.05) is 27.8 Å². The zero-order chi connectivity index (χ0) is 13.3. The summed E-state index contributed by atoms with van der Waals surface area (Å²) < 4.78 is 2.05. The molecule has 0 saturated carbocycles. The maximum Gasteiger partial charge on any atom is 0.271 e. The van der Waals surface area contributed by atoms with Crippen LogP contribution in [0.4, 0.5) is 0 Å². The van der Waals surface area contributed by atoms with Gasteiger partial charge in [-0.3, -0.25) is 4.79 Å². The van der Waals surface area contributed by atoms with E-state index in [1.54, 1.807) is 0 Å². The van der Waals surface area contributed by atoms with E-state index in [9.17, 15) is 4.79 Å². The van der Waals surface area contributed by atoms with Gasteiger partial charge < -0.3 is 14.8 Å². The number of carbonyl (C=O) groups is 1. The maximum absolute atomic E-state index is 12.7. The number of amides is 1. The molecule has 0 spiro atoms. The van der Waals surface area contributed by atoms with Crippen LogP contribution in [-0.4, -0.2) is 40.5 Å². The molecule has 0 aliphatic carbocycles. The summed E-state index contributed by atoms with van der Waals surface area (Å²) in [7, 11) is 0. The third kappa shape index (κ3) is 2.29. The van der Waals surface area contributed by atoms with Crippen molar-refractivity contribution in [3.63, 3.8) is 0 Å². The van der Waals surface area contributed by atoms with Crippen molar-refractivity contribution >= 4 is 5.91 Å². The second kappa shape index (κ2) is 5.14. The molecule has 0 radical (unpaired) electrons. The summed E-state index contributed by atoms with van der Waals surface area (Å²) in [6.07, 6.45) is 1.98. The molecule has 0 aromatic carbocycles. The van der Waals surface area contributed by atoms with Gasteiger partial charge in [-0.2, -0.15) is 0 Å². The molecule has 1 fully saturated rings. The van der Waals surface area contributed by atoms with Crippen molar-refractivity contribution in [1.82, 2.24) is 14.8 Å². The fourth-order valence-electron chi connectivity index (χ4n) is 2.69. The summed E-state index contributed by atoms with van der Waals surface area (Å²) in [6, 6.07) is 4.68. The summed E-state index contributed by atoms with van der Waals surface area (Å²) >= 11 is 0. The molecular formula is C14H23N3O. The van der Waals surface area contributed by atoms with E-state index < -0.39 is 0 Å². The van der Waals surface area contributed by atoms with Crippen molar-refractivity contribution in [1.29, 1.82) is 0 Å². The second-order valence-corrected chi connectivity index (χ2v) is 5.46. The minimum Gasteiger partial charge on any atom is -0.341 e. The molecule has 4 nitrogen and oxygen atoms in total. The van der Waals surface area contributed by atoms with Gasteiger partial charge in [0.2, 0.25) is 0 Å². The lowest BCUT2D eigenvalue weighted by Gasteiger charge is -2.39. The molecule has 4 heteroatoms. The Kier molecular flexibility index (Phi) is 3.76. The van der Waals surface area contributed by atoms with E-state index in [4.69, 9.17) is 0 Å². The van der Waals surface area contributed by atoms with Gasteiger partial charge in [-0.05, 0) is 39.8 Å². The molecule has 0 bridgehead atoms. The van der Waals surface area contributed by atoms with Crippen molar-refractivity contribution in [3.05, 3.63) is 24.0 Å². The molecular weight excluding hydrogens is 226 g/mol. The molecule has 2 heterocycles. The van der Waals surface area contributed by atoms with Crippen LogP contribution in [0.1, 0.15) is 44.2 Å². The van der Waals surface area contributed by atoms with Gasteiger partial charge in [-0.1, -0.05) is 0 Å². The zero-order valence-corrected chi connectivity index (χ0v) is 11.7. The van der Waals surface area contributed by atoms with Gasteiger partial charge in [-0.25, -0.2) is 0 Å². The van der Waals surface area contributed by atoms with Gasteiger partial charge in [0.05, 0.1) is 0 Å². The molecule has 100 valence electrons. The first-order valence-corrected chi connectivity index (χ1v) is 6.72. The highest BCUT2D eigenvalue weighted by molar-refractivity contribution is 5.93. The number of piperazine rings is 1. The summed E-state index contributed by atoms with van der Waals surface area (Å²) in [4.78, 5) is 14.7. The van der Waals surface area contributed by atoms with Crippen LogP contribution in [-0.2, 0) is 0 Å². The predicted molar refractivity (Wildman–Crippen MR) is 72.8 cm³/mol. The standard InChI is InChI=1S/C14H23N3O/c1-10(2)16-7-5-6-13(16)14(18)17-11(3)8-15-9-12(17)4/h5-7,10-12,15H,8-9H2,1-4H3. The minimum absolute atomic E-state index is 0.148. The molecule has 1 N–H and O–H groups in total. The van der Waals surface area contributed by atoms with Crippen LogP contribution >= 0.6 is 0 Å². The third-order valence-electron chi connectivity index (χ3n) is 3.62. The van der Waals surface area contributed by atoms with E-state index in [0.717, 1.165) is 18.8 Å². The Hall–Kier alpha value is -1.29. The summed E-state index contributed by atoms with van der Waals surface area (Å²) in [5.41, 5.74) is 0.797. The van der Waals surface area contributed by atoms with Crippen LogP contribution in [0.15, 0.2) is 18.3 Å². The fourth-order valence-corrected chi connectivity index (χ4v) is 2.69. The highest BCUT2D eigenvalue weighted by Gasteiger charge is 2.30. The Labute approximate surface area is 109 Å². The van der Waals surface area contributed by atoms with Crippen molar-refractivity contribution in [2.24, 2.45) is 0 Å². The minimum atomic E-state index is 0.148. The first kappa shape index (κ1) is 13.1. The van der Waals surface area contributed by atoms with Crippen LogP contribution < -0.4 is 5.32 Å². The van der Waals surface area contributed by atoms with Crippen molar-refractivity contribution in [2.75, 3.05) is 13.1 Å². The lowest BCUT2D eigenvalue weighted by Crippen LogP contribution is -2.57. The predicted octanol–water partition coefficient (Wildman–Crippen LogP) is 1.89. The van der Waals surface area contributed by atoms with E-state index in [1.165, 1.54) is 0 Å². The normalized spacial score (nSPS) is 24.6. The van der Waals surface area contributed by atoms with Crippen LogP contribution in [0.25, 0.3) is 0 Å². The summed E-state index contributed by atoms with van der Waals surface area (Å²) in [6.45, 7) is 10.1. The van der Waals surface area contributed by atoms with Crippen molar-refractivity contribution < 1.29 is 4.79 Å². The van der Waals surface area contributed by atoms with Gasteiger partial charge in [0.15, 0.2) is 0 Å². The summed E-state index contributed by atoms with van der Waals surface area (Å²) in [5, 5.41) is 3.35. The number of rotatable bonds is 2. The van der Waals surface area contributed by atoms with Crippen LogP contribution in [0.3, 0.4) is 0 Å². The Morgan fingerprint density at radius 2 is 1.94 bits per heavy atom. The third-order valence-corrected chi connectivity index (χ3v) is 3.62. The Morgan fingerprint density at radius 3 is 2.50 bits per heavy atom. The monoisotopic (exact) mass is 249 g/mol. The fraction of sp³-hybridized carbons (Fsp3) is 0.643. The number of aromatic nitrogens is 1. The van der Waals surface area contributed by atoms with E-state index in [0.29, 0.717) is 6.04 Å². The largest absolute Gasteiger partial charge is 0.341 e. The van der Waals surface area contributed by atoms with Gasteiger partial charge in [-0.15, -0.1) is 0 Å². The Balaban J connectivity index is 2.27. The number of hydrogen-bond acceptors (Lipinski definition) is 2. The second-order valence-electron chi connectivity index (χ2n) is 5.46. The highest BCUT2D eigenvalue weighted by atomic mass is 16.2. The first-order chi connectivity index (χ1) is 8.52. The molecule has 1 aliphatic heterocycles. The van der Waals surface area contributed by atoms with Gasteiger partial charge in [0, 0.05) is 37.4 Å². The van der Waals surface area contributed by atoms with Crippen molar-refractivity contribution in [3.8, 4) is 0 Å². The lowest BCUT2D eigenvalue weighted by atomic mass is 10.1. The van der Waals surface area contributed by atoms with Crippen LogP contribution in [0.5, 0.6) is 0 Å². The van der Waals surface area contributed by atoms with E-state index >= 15 is 0 Å². The zero-order valence-electron chi connectivity index (χ0n) is 11.7. The van der Waals surface area contributed by atoms with Crippen LogP contribution in [0, 0.1) is 0 Å². The van der Waals surface area contributed by atoms with E-state index in [-0.39, 0.29) is 18.0 Å². The topological polar surface area (TPSA) is 37.3 Å². The molecule has 1 aromatic heterocycles. The summed E-state index contributed by atoms with van der Waals surface area (Å²) in [5.74, 6) is 0.148. The van der Waals surface area contributed by atoms with Crippen molar-refractivity contribution in [2.45, 2.75) is 45.8 Å². The number of hydrogen-bond donors (Lipinski definition) is 1. The first-order valence-electron chi connectivity index (χ1n) is 6.72. The number of carbonyl (C=O) groups excluding carboxylic acids is 1. The average molecular weight is 249 g/mol. The SMILES string of the molecule is CC1CNCC(C)N1C(=O)c1cccn1C(C)C. The van der Waals surface area contributed by atoms with Crippen LogP contribution in [0.2, 0.25) is 0 Å². The highest BCUT2D eigenvalue weighted by Crippen LogP contribution is 2.18. The molecule has 1 amide bonds. The molecule has 1 aromatic rings. The Morgan fingerprint density at radius 1 is 1.33 bits per heavy atom. The van der Waals surface area contributed by atoms with Gasteiger partial charge >= 0.3 is 0 Å². The smallest absolute Gasteiger partial charge is 0.271 e. The van der Waals surface area contributed by atoms with E-state index in [2.05, 4.69) is 33.0 Å². The maximum atomic E-state index is 12.7. The molecule has 2 unspecified atom stereocenters. The Bertz CT molecular complexity index is 414. The molecule has 18 heavy (non-hydrogen) atoms. The van der Waals surface area contributed by atoms with Gasteiger partial charge in [0.1, 0.15) is 5.69 Å². The molecule has 2 rings (SSSR count). The molecule has 1 aliphatic rings. The average Bonchev–Trinajstić information content (AvgIpc) is 2.77. The van der Waals surface area contributed by atoms with Gasteiger partial charge in [0.25, 0.3) is 5.91 Å². The molecule has 1 saturated heterocycles. The molecule has 2 atom stereocenters. The lowest BCUT2D eigenvalue weighted by molar-refractivity contribution is 0.0531.